The number of rotatable bonds is 6. The van der Waals surface area contributed by atoms with Gasteiger partial charge in [-0.25, -0.2) is 9.97 Å². The van der Waals surface area contributed by atoms with Gasteiger partial charge in [0.25, 0.3) is 0 Å². The fourth-order valence-corrected chi connectivity index (χ4v) is 10.1. The first kappa shape index (κ1) is 36.9. The number of aromatic nitrogens is 2. The molecule has 13 aromatic rings. The van der Waals surface area contributed by atoms with Crippen molar-refractivity contribution in [3.8, 4) is 67.3 Å². The second-order valence-electron chi connectivity index (χ2n) is 16.8. The van der Waals surface area contributed by atoms with Crippen LogP contribution in [0.5, 0.6) is 0 Å². The number of furan rings is 1. The molecule has 0 bridgehead atoms. The molecule has 11 aromatic carbocycles. The average molecular weight is 827 g/mol. The monoisotopic (exact) mass is 826 g/mol. The zero-order valence-corrected chi connectivity index (χ0v) is 35.2. The Bertz CT molecular complexity index is 3980. The summed E-state index contributed by atoms with van der Waals surface area (Å²) in [5.41, 5.74) is 13.5. The van der Waals surface area contributed by atoms with Gasteiger partial charge in [0.15, 0.2) is 5.82 Å². The lowest BCUT2D eigenvalue weighted by molar-refractivity contribution is 0.670. The zero-order valence-electron chi connectivity index (χ0n) is 35.2. The minimum absolute atomic E-state index is 0.666. The van der Waals surface area contributed by atoms with Crippen molar-refractivity contribution in [1.29, 1.82) is 0 Å². The van der Waals surface area contributed by atoms with Gasteiger partial charge in [-0.3, -0.25) is 0 Å². The molecule has 0 fully saturated rings. The SMILES string of the molecule is c1ccc(-c2nc(-c3ccc(-c4ccc(-c5c6ccccc6c(-c6ccccc6)c6c5ccc5ccccc56)cc4)c4ccccc34)cc(-c3cccc4c3oc3ccccc34)n2)cc1. The van der Waals surface area contributed by atoms with Crippen LogP contribution in [0.25, 0.3) is 132 Å². The van der Waals surface area contributed by atoms with E-state index in [1.807, 2.05) is 30.3 Å². The molecule has 0 aliphatic rings. The summed E-state index contributed by atoms with van der Waals surface area (Å²) in [6.45, 7) is 0. The lowest BCUT2D eigenvalue weighted by Crippen LogP contribution is -1.97. The highest BCUT2D eigenvalue weighted by Gasteiger charge is 2.21. The molecule has 0 radical (unpaired) electrons. The number of hydrogen-bond acceptors (Lipinski definition) is 3. The highest BCUT2D eigenvalue weighted by Crippen LogP contribution is 2.47. The van der Waals surface area contributed by atoms with Crippen molar-refractivity contribution >= 4 is 65.0 Å². The van der Waals surface area contributed by atoms with Crippen LogP contribution in [0.3, 0.4) is 0 Å². The first-order chi connectivity index (χ1) is 32.2. The van der Waals surface area contributed by atoms with Gasteiger partial charge in [-0.05, 0) is 94.7 Å². The van der Waals surface area contributed by atoms with Crippen LogP contribution in [-0.2, 0) is 0 Å². The third-order valence-electron chi connectivity index (χ3n) is 13.1. The highest BCUT2D eigenvalue weighted by molar-refractivity contribution is 6.28. The molecule has 2 heterocycles. The van der Waals surface area contributed by atoms with Crippen LogP contribution in [0, 0.1) is 0 Å². The van der Waals surface area contributed by atoms with E-state index in [4.69, 9.17) is 14.4 Å². The summed E-state index contributed by atoms with van der Waals surface area (Å²) in [6, 6.07) is 82.3. The number of fused-ring (bicyclic) bond motifs is 8. The largest absolute Gasteiger partial charge is 0.455 e. The lowest BCUT2D eigenvalue weighted by atomic mass is 9.83. The van der Waals surface area contributed by atoms with E-state index in [1.165, 1.54) is 60.1 Å². The van der Waals surface area contributed by atoms with Crippen LogP contribution < -0.4 is 0 Å². The molecule has 2 aromatic heterocycles. The van der Waals surface area contributed by atoms with E-state index in [1.54, 1.807) is 0 Å². The smallest absolute Gasteiger partial charge is 0.160 e. The molecule has 0 spiro atoms. The second-order valence-corrected chi connectivity index (χ2v) is 16.8. The lowest BCUT2D eigenvalue weighted by Gasteiger charge is -2.19. The maximum absolute atomic E-state index is 6.52. The van der Waals surface area contributed by atoms with Crippen molar-refractivity contribution in [3.63, 3.8) is 0 Å². The standard InChI is InChI=1S/C62H38N2O/c1-3-17-41(18-4-1)59-51-26-12-11-25-50(51)58(54-35-34-39-16-7-8-21-45(39)60(54)59)42-32-30-40(31-33-42)44-36-37-48(47-23-10-9-22-46(44)47)55-38-56(64-62(63-55)43-19-5-2-6-20-43)53-28-15-27-52-49-24-13-14-29-57(49)65-61(52)53/h1-38H. The molecule has 0 atom stereocenters. The zero-order chi connectivity index (χ0) is 42.8. The maximum atomic E-state index is 6.52. The van der Waals surface area contributed by atoms with Crippen molar-refractivity contribution in [2.45, 2.75) is 0 Å². The van der Waals surface area contributed by atoms with Gasteiger partial charge in [0.05, 0.1) is 11.4 Å². The Morgan fingerprint density at radius 3 is 1.58 bits per heavy atom. The summed E-state index contributed by atoms with van der Waals surface area (Å²) < 4.78 is 6.52. The molecule has 65 heavy (non-hydrogen) atoms. The molecular weight excluding hydrogens is 789 g/mol. The first-order valence-electron chi connectivity index (χ1n) is 22.1. The summed E-state index contributed by atoms with van der Waals surface area (Å²) in [7, 11) is 0. The Balaban J connectivity index is 0.965. The predicted octanol–water partition coefficient (Wildman–Crippen LogP) is 17.0. The van der Waals surface area contributed by atoms with E-state index < -0.39 is 0 Å². The van der Waals surface area contributed by atoms with Gasteiger partial charge >= 0.3 is 0 Å². The minimum Gasteiger partial charge on any atom is -0.455 e. The van der Waals surface area contributed by atoms with E-state index in [-0.39, 0.29) is 0 Å². The van der Waals surface area contributed by atoms with Gasteiger partial charge in [0.2, 0.25) is 0 Å². The molecule has 0 unspecified atom stereocenters. The van der Waals surface area contributed by atoms with Crippen molar-refractivity contribution in [1.82, 2.24) is 9.97 Å². The molecule has 0 N–H and O–H groups in total. The Hall–Kier alpha value is -8.66. The quantitative estimate of drug-likeness (QED) is 0.124. The number of para-hydroxylation sites is 2. The van der Waals surface area contributed by atoms with Gasteiger partial charge in [0.1, 0.15) is 11.2 Å². The van der Waals surface area contributed by atoms with E-state index >= 15 is 0 Å². The Morgan fingerprint density at radius 2 is 0.831 bits per heavy atom. The number of benzene rings is 11. The van der Waals surface area contributed by atoms with Gasteiger partial charge < -0.3 is 4.42 Å². The highest BCUT2D eigenvalue weighted by atomic mass is 16.3. The molecule has 0 aliphatic carbocycles. The predicted molar refractivity (Wildman–Crippen MR) is 272 cm³/mol. The molecule has 0 amide bonds. The van der Waals surface area contributed by atoms with Crippen LogP contribution >= 0.6 is 0 Å². The molecular formula is C62H38N2O. The molecule has 0 saturated heterocycles. The fourth-order valence-electron chi connectivity index (χ4n) is 10.1. The van der Waals surface area contributed by atoms with Crippen molar-refractivity contribution in [2.24, 2.45) is 0 Å². The molecule has 3 nitrogen and oxygen atoms in total. The Kier molecular flexibility index (Phi) is 8.53. The van der Waals surface area contributed by atoms with E-state index in [0.717, 1.165) is 66.4 Å². The molecule has 0 saturated carbocycles. The summed E-state index contributed by atoms with van der Waals surface area (Å²) in [5.74, 6) is 0.666. The minimum atomic E-state index is 0.666. The first-order valence-corrected chi connectivity index (χ1v) is 22.1. The van der Waals surface area contributed by atoms with Crippen molar-refractivity contribution in [2.75, 3.05) is 0 Å². The summed E-state index contributed by atoms with van der Waals surface area (Å²) in [4.78, 5) is 10.5. The van der Waals surface area contributed by atoms with Gasteiger partial charge in [0, 0.05) is 27.5 Å². The average Bonchev–Trinajstić information content (AvgIpc) is 3.77. The Labute approximate surface area is 375 Å². The van der Waals surface area contributed by atoms with Crippen LogP contribution in [0.2, 0.25) is 0 Å². The molecule has 302 valence electrons. The topological polar surface area (TPSA) is 38.9 Å². The van der Waals surface area contributed by atoms with Crippen LogP contribution in [0.15, 0.2) is 235 Å². The number of nitrogens with zero attached hydrogens (tertiary/aromatic N) is 2. The summed E-state index contributed by atoms with van der Waals surface area (Å²) in [5, 5.41) is 12.0. The van der Waals surface area contributed by atoms with Crippen molar-refractivity contribution in [3.05, 3.63) is 231 Å². The molecule has 3 heteroatoms. The summed E-state index contributed by atoms with van der Waals surface area (Å²) >= 11 is 0. The van der Waals surface area contributed by atoms with E-state index in [9.17, 15) is 0 Å². The van der Waals surface area contributed by atoms with Gasteiger partial charge in [-0.1, -0.05) is 212 Å². The van der Waals surface area contributed by atoms with Gasteiger partial charge in [-0.2, -0.15) is 0 Å². The van der Waals surface area contributed by atoms with E-state index in [0.29, 0.717) is 5.82 Å². The third-order valence-corrected chi connectivity index (χ3v) is 13.1. The maximum Gasteiger partial charge on any atom is 0.160 e. The van der Waals surface area contributed by atoms with Crippen LogP contribution in [-0.4, -0.2) is 9.97 Å². The van der Waals surface area contributed by atoms with Gasteiger partial charge in [-0.15, -0.1) is 0 Å². The van der Waals surface area contributed by atoms with Crippen molar-refractivity contribution < 1.29 is 4.42 Å². The molecule has 0 aliphatic heterocycles. The summed E-state index contributed by atoms with van der Waals surface area (Å²) in [6.07, 6.45) is 0. The second kappa shape index (κ2) is 15.0. The van der Waals surface area contributed by atoms with Crippen LogP contribution in [0.1, 0.15) is 0 Å². The normalized spacial score (nSPS) is 11.7. The third kappa shape index (κ3) is 6.05. The molecule has 13 rings (SSSR count). The van der Waals surface area contributed by atoms with E-state index in [2.05, 4.69) is 200 Å². The number of hydrogen-bond donors (Lipinski definition) is 0. The van der Waals surface area contributed by atoms with Crippen LogP contribution in [0.4, 0.5) is 0 Å². The Morgan fingerprint density at radius 1 is 0.292 bits per heavy atom. The fraction of sp³-hybridized carbons (Fsp3) is 0.